The van der Waals surface area contributed by atoms with Gasteiger partial charge >= 0.3 is 0 Å². The Morgan fingerprint density at radius 2 is 2.17 bits per heavy atom. The van der Waals surface area contributed by atoms with E-state index in [0.717, 1.165) is 28.6 Å². The average molecular weight is 460 g/mol. The Morgan fingerprint density at radius 1 is 1.38 bits per heavy atom. The molecule has 1 aliphatic rings. The molecule has 2 aromatic rings. The minimum Gasteiger partial charge on any atom is -0.490 e. The lowest BCUT2D eigenvalue weighted by Gasteiger charge is -2.11. The first-order valence-electron chi connectivity index (χ1n) is 7.58. The molecule has 8 heteroatoms. The van der Waals surface area contributed by atoms with E-state index in [-0.39, 0.29) is 29.9 Å². The predicted molar refractivity (Wildman–Crippen MR) is 108 cm³/mol. The van der Waals surface area contributed by atoms with Crippen molar-refractivity contribution in [2.45, 2.75) is 19.3 Å². The topological polar surface area (TPSA) is 81.8 Å². The lowest BCUT2D eigenvalue weighted by Crippen LogP contribution is -2.23. The average Bonchev–Trinajstić information content (AvgIpc) is 2.99. The predicted octanol–water partition coefficient (Wildman–Crippen LogP) is 3.45. The Hall–Kier alpha value is -1.55. The molecule has 2 heterocycles. The van der Waals surface area contributed by atoms with Gasteiger partial charge < -0.3 is 20.5 Å². The van der Waals surface area contributed by atoms with Crippen LogP contribution in [-0.4, -0.2) is 30.7 Å². The maximum atomic E-state index is 5.96. The number of hydrogen-bond acceptors (Lipinski definition) is 5. The van der Waals surface area contributed by atoms with Crippen molar-refractivity contribution >= 4 is 47.0 Å². The summed E-state index contributed by atoms with van der Waals surface area (Å²) >= 11 is 1.63. The zero-order chi connectivity index (χ0) is 16.1. The quantitative estimate of drug-likeness (QED) is 0.415. The van der Waals surface area contributed by atoms with Crippen LogP contribution >= 0.6 is 35.3 Å². The molecule has 3 N–H and O–H groups in total. The number of anilines is 1. The summed E-state index contributed by atoms with van der Waals surface area (Å²) in [7, 11) is 0. The van der Waals surface area contributed by atoms with Gasteiger partial charge in [-0.25, -0.2) is 4.98 Å². The third-order valence-electron chi connectivity index (χ3n) is 3.43. The van der Waals surface area contributed by atoms with Crippen LogP contribution in [-0.2, 0) is 0 Å². The zero-order valence-corrected chi connectivity index (χ0v) is 16.5. The highest BCUT2D eigenvalue weighted by molar-refractivity contribution is 14.0. The van der Waals surface area contributed by atoms with Crippen LogP contribution in [0.5, 0.6) is 11.5 Å². The molecule has 1 aromatic carbocycles. The molecule has 0 bridgehead atoms. The van der Waals surface area contributed by atoms with E-state index < -0.39 is 0 Å². The van der Waals surface area contributed by atoms with Crippen molar-refractivity contribution in [1.82, 2.24) is 4.98 Å². The summed E-state index contributed by atoms with van der Waals surface area (Å²) in [4.78, 5) is 8.68. The zero-order valence-electron chi connectivity index (χ0n) is 13.4. The minimum absolute atomic E-state index is 0. The second-order valence-electron chi connectivity index (χ2n) is 5.33. The van der Waals surface area contributed by atoms with Crippen LogP contribution in [0.4, 0.5) is 5.69 Å². The van der Waals surface area contributed by atoms with Crippen molar-refractivity contribution < 1.29 is 9.47 Å². The second kappa shape index (κ2) is 9.07. The number of guanidine groups is 1. The monoisotopic (exact) mass is 460 g/mol. The number of nitrogens with two attached hydrogens (primary N) is 1. The lowest BCUT2D eigenvalue weighted by molar-refractivity contribution is 0.297. The number of benzene rings is 1. The molecule has 1 atom stereocenters. The highest BCUT2D eigenvalue weighted by atomic mass is 127. The highest BCUT2D eigenvalue weighted by Gasteiger charge is 2.11. The van der Waals surface area contributed by atoms with E-state index in [4.69, 9.17) is 15.2 Å². The lowest BCUT2D eigenvalue weighted by atomic mass is 10.2. The largest absolute Gasteiger partial charge is 0.490 e. The fourth-order valence-corrected chi connectivity index (χ4v) is 2.91. The summed E-state index contributed by atoms with van der Waals surface area (Å²) in [6, 6.07) is 5.67. The highest BCUT2D eigenvalue weighted by Crippen LogP contribution is 2.32. The first kappa shape index (κ1) is 18.8. The van der Waals surface area contributed by atoms with Crippen LogP contribution in [0.3, 0.4) is 0 Å². The molecule has 0 aliphatic carbocycles. The number of aliphatic imine (C=N–C) groups is 1. The first-order chi connectivity index (χ1) is 11.2. The number of ether oxygens (including phenoxy) is 2. The third-order valence-corrected chi connectivity index (χ3v) is 4.44. The van der Waals surface area contributed by atoms with Crippen molar-refractivity contribution in [1.29, 1.82) is 0 Å². The Kier molecular flexibility index (Phi) is 7.10. The molecule has 1 aliphatic heterocycles. The molecule has 0 radical (unpaired) electrons. The van der Waals surface area contributed by atoms with Crippen LogP contribution in [0.2, 0.25) is 0 Å². The van der Waals surface area contributed by atoms with Gasteiger partial charge in [-0.3, -0.25) is 4.99 Å². The summed E-state index contributed by atoms with van der Waals surface area (Å²) in [5.41, 5.74) is 6.80. The summed E-state index contributed by atoms with van der Waals surface area (Å²) in [5.74, 6) is 2.12. The summed E-state index contributed by atoms with van der Waals surface area (Å²) in [6.07, 6.45) is 2.69. The fourth-order valence-electron chi connectivity index (χ4n) is 2.22. The van der Waals surface area contributed by atoms with Crippen molar-refractivity contribution in [3.63, 3.8) is 0 Å². The van der Waals surface area contributed by atoms with E-state index in [1.165, 1.54) is 0 Å². The Labute approximate surface area is 162 Å². The second-order valence-corrected chi connectivity index (χ2v) is 6.26. The molecule has 0 spiro atoms. The van der Waals surface area contributed by atoms with Gasteiger partial charge in [-0.15, -0.1) is 35.3 Å². The van der Waals surface area contributed by atoms with Gasteiger partial charge in [0.25, 0.3) is 0 Å². The molecule has 1 aromatic heterocycles. The molecule has 6 nitrogen and oxygen atoms in total. The van der Waals surface area contributed by atoms with Gasteiger partial charge in [0.15, 0.2) is 17.5 Å². The number of nitrogens with one attached hydrogen (secondary N) is 1. The van der Waals surface area contributed by atoms with Crippen LogP contribution in [0.1, 0.15) is 24.3 Å². The van der Waals surface area contributed by atoms with Crippen molar-refractivity contribution in [3.05, 3.63) is 34.8 Å². The molecule has 0 saturated carbocycles. The van der Waals surface area contributed by atoms with Crippen LogP contribution in [0.15, 0.2) is 34.8 Å². The molecular formula is C16H21IN4O2S. The molecule has 24 heavy (non-hydrogen) atoms. The summed E-state index contributed by atoms with van der Waals surface area (Å²) in [5, 5.41) is 6.12. The molecule has 1 unspecified atom stereocenters. The van der Waals surface area contributed by atoms with Crippen molar-refractivity contribution in [2.75, 3.05) is 25.1 Å². The number of thiazole rings is 1. The van der Waals surface area contributed by atoms with E-state index in [1.54, 1.807) is 17.5 Å². The molecule has 3 rings (SSSR count). The smallest absolute Gasteiger partial charge is 0.193 e. The Balaban J connectivity index is 0.00000208. The molecular weight excluding hydrogens is 439 g/mol. The van der Waals surface area contributed by atoms with Crippen LogP contribution < -0.4 is 20.5 Å². The molecule has 0 amide bonds. The van der Waals surface area contributed by atoms with Crippen molar-refractivity contribution in [3.8, 4) is 11.5 Å². The number of nitrogens with zero attached hydrogens (tertiary/aromatic N) is 2. The minimum atomic E-state index is 0. The van der Waals surface area contributed by atoms with Gasteiger partial charge in [0.1, 0.15) is 0 Å². The van der Waals surface area contributed by atoms with E-state index in [2.05, 4.69) is 22.2 Å². The maximum absolute atomic E-state index is 5.96. The van der Waals surface area contributed by atoms with Gasteiger partial charge in [0.2, 0.25) is 0 Å². The number of hydrogen-bond donors (Lipinski definition) is 2. The maximum Gasteiger partial charge on any atom is 0.193 e. The normalized spacial score (nSPS) is 15.1. The van der Waals surface area contributed by atoms with Gasteiger partial charge in [0.05, 0.1) is 24.8 Å². The summed E-state index contributed by atoms with van der Waals surface area (Å²) < 4.78 is 11.3. The van der Waals surface area contributed by atoms with Crippen molar-refractivity contribution in [2.24, 2.45) is 10.7 Å². The van der Waals surface area contributed by atoms with E-state index in [0.29, 0.717) is 25.7 Å². The van der Waals surface area contributed by atoms with Gasteiger partial charge in [-0.1, -0.05) is 6.92 Å². The fraction of sp³-hybridized carbons (Fsp3) is 0.375. The number of rotatable bonds is 4. The van der Waals surface area contributed by atoms with Crippen LogP contribution in [0, 0.1) is 0 Å². The molecule has 130 valence electrons. The Bertz CT molecular complexity index is 679. The van der Waals surface area contributed by atoms with Gasteiger partial charge in [0, 0.05) is 35.7 Å². The number of halogens is 1. The van der Waals surface area contributed by atoms with Gasteiger partial charge in [-0.05, 0) is 12.1 Å². The van der Waals surface area contributed by atoms with Gasteiger partial charge in [-0.2, -0.15) is 0 Å². The standard InChI is InChI=1S/C16H20N4O2S.HI/c1-11(15-18-5-8-23-15)10-19-16(17)20-12-3-4-13-14(9-12)22-7-2-6-21-13;/h3-5,8-9,11H,2,6-7,10H2,1H3,(H3,17,19,20);1H. The van der Waals surface area contributed by atoms with E-state index in [1.807, 2.05) is 23.6 Å². The molecule has 0 fully saturated rings. The third kappa shape index (κ3) is 4.97. The number of aromatic nitrogens is 1. The van der Waals surface area contributed by atoms with Crippen LogP contribution in [0.25, 0.3) is 0 Å². The summed E-state index contributed by atoms with van der Waals surface area (Å²) in [6.45, 7) is 4.02. The SMILES string of the molecule is CC(CN=C(N)Nc1ccc2c(c1)OCCCO2)c1nccs1.I. The molecule has 0 saturated heterocycles. The Morgan fingerprint density at radius 3 is 2.92 bits per heavy atom. The van der Waals surface area contributed by atoms with E-state index in [9.17, 15) is 0 Å². The van der Waals surface area contributed by atoms with E-state index >= 15 is 0 Å². The first-order valence-corrected chi connectivity index (χ1v) is 8.46. The number of fused-ring (bicyclic) bond motifs is 1.